The van der Waals surface area contributed by atoms with Crippen molar-refractivity contribution in [2.45, 2.75) is 44.8 Å². The van der Waals surface area contributed by atoms with Crippen LogP contribution in [0, 0.1) is 0 Å². The minimum atomic E-state index is -3.16. The van der Waals surface area contributed by atoms with Gasteiger partial charge in [0.2, 0.25) is 10.0 Å². The van der Waals surface area contributed by atoms with Gasteiger partial charge in [0.15, 0.2) is 0 Å². The largest absolute Gasteiger partial charge is 0.489 e. The molecule has 162 valence electrons. The molecule has 1 aromatic rings. The summed E-state index contributed by atoms with van der Waals surface area (Å²) in [5, 5.41) is 3.40. The van der Waals surface area contributed by atoms with Gasteiger partial charge in [-0.05, 0) is 57.0 Å². The number of ether oxygens (including phenoxy) is 1. The number of benzene rings is 1. The minimum absolute atomic E-state index is 0.0902. The summed E-state index contributed by atoms with van der Waals surface area (Å²) in [6.45, 7) is 5.76. The molecule has 29 heavy (non-hydrogen) atoms. The lowest BCUT2D eigenvalue weighted by molar-refractivity contribution is 0.0941. The molecule has 1 atom stereocenters. The Bertz CT molecular complexity index is 825. The second kappa shape index (κ2) is 9.64. The van der Waals surface area contributed by atoms with Gasteiger partial charge in [-0.1, -0.05) is 18.5 Å². The van der Waals surface area contributed by atoms with Crippen molar-refractivity contribution < 1.29 is 17.9 Å². The third-order valence-corrected chi connectivity index (χ3v) is 7.36. The van der Waals surface area contributed by atoms with Crippen molar-refractivity contribution in [1.29, 1.82) is 0 Å². The van der Waals surface area contributed by atoms with E-state index in [9.17, 15) is 13.2 Å². The molecule has 2 aliphatic heterocycles. The number of piperidine rings is 1. The molecule has 2 fully saturated rings. The van der Waals surface area contributed by atoms with Crippen LogP contribution in [0.25, 0.3) is 0 Å². The first-order valence-electron chi connectivity index (χ1n) is 10.2. The molecule has 0 bridgehead atoms. The molecule has 1 unspecified atom stereocenters. The molecular formula is C20H30ClN3O4S. The fourth-order valence-electron chi connectivity index (χ4n) is 4.05. The molecule has 7 nitrogen and oxygen atoms in total. The van der Waals surface area contributed by atoms with Crippen LogP contribution >= 0.6 is 11.6 Å². The second-order valence-corrected chi connectivity index (χ2v) is 10.1. The monoisotopic (exact) mass is 443 g/mol. The summed E-state index contributed by atoms with van der Waals surface area (Å²) in [7, 11) is -3.16. The highest BCUT2D eigenvalue weighted by Crippen LogP contribution is 2.29. The predicted octanol–water partition coefficient (Wildman–Crippen LogP) is 2.36. The summed E-state index contributed by atoms with van der Waals surface area (Å²) < 4.78 is 30.6. The molecule has 0 spiro atoms. The van der Waals surface area contributed by atoms with Crippen LogP contribution in [0.2, 0.25) is 5.02 Å². The van der Waals surface area contributed by atoms with Gasteiger partial charge >= 0.3 is 0 Å². The lowest BCUT2D eigenvalue weighted by Gasteiger charge is -2.30. The molecule has 2 heterocycles. The van der Waals surface area contributed by atoms with Crippen molar-refractivity contribution in [3.05, 3.63) is 28.8 Å². The molecule has 1 aromatic carbocycles. The second-order valence-electron chi connectivity index (χ2n) is 7.76. The van der Waals surface area contributed by atoms with Crippen molar-refractivity contribution in [1.82, 2.24) is 14.5 Å². The maximum atomic E-state index is 12.5. The van der Waals surface area contributed by atoms with E-state index in [1.54, 1.807) is 18.2 Å². The van der Waals surface area contributed by atoms with Gasteiger partial charge in [-0.3, -0.25) is 9.69 Å². The van der Waals surface area contributed by atoms with Crippen LogP contribution in [0.1, 0.15) is 43.0 Å². The molecule has 1 amide bonds. The highest BCUT2D eigenvalue weighted by Gasteiger charge is 2.27. The van der Waals surface area contributed by atoms with E-state index in [0.29, 0.717) is 54.9 Å². The van der Waals surface area contributed by atoms with E-state index in [2.05, 4.69) is 17.1 Å². The van der Waals surface area contributed by atoms with Crippen molar-refractivity contribution in [3.63, 3.8) is 0 Å². The molecule has 9 heteroatoms. The molecule has 0 radical (unpaired) electrons. The highest BCUT2D eigenvalue weighted by molar-refractivity contribution is 7.88. The number of nitrogens with one attached hydrogen (secondary N) is 1. The SMILES string of the molecule is CCN1CCCC1CNC(=O)c1ccc(OC2CCN(S(C)(=O)=O)CC2)c(Cl)c1. The number of carbonyl (C=O) groups excluding carboxylic acids is 1. The van der Waals surface area contributed by atoms with E-state index in [-0.39, 0.29) is 12.0 Å². The predicted molar refractivity (Wildman–Crippen MR) is 114 cm³/mol. The van der Waals surface area contributed by atoms with E-state index >= 15 is 0 Å². The molecule has 0 saturated carbocycles. The summed E-state index contributed by atoms with van der Waals surface area (Å²) in [5.41, 5.74) is 0.510. The van der Waals surface area contributed by atoms with Gasteiger partial charge < -0.3 is 10.1 Å². The number of carbonyl (C=O) groups is 1. The third-order valence-electron chi connectivity index (χ3n) is 5.76. The van der Waals surface area contributed by atoms with Crippen LogP contribution in [-0.4, -0.2) is 74.7 Å². The van der Waals surface area contributed by atoms with Crippen LogP contribution in [0.5, 0.6) is 5.75 Å². The number of nitrogens with zero attached hydrogens (tertiary/aromatic N) is 2. The Kier molecular flexibility index (Phi) is 7.42. The molecule has 1 N–H and O–H groups in total. The van der Waals surface area contributed by atoms with Crippen molar-refractivity contribution in [2.24, 2.45) is 0 Å². The van der Waals surface area contributed by atoms with Crippen LogP contribution in [-0.2, 0) is 10.0 Å². The summed E-state index contributed by atoms with van der Waals surface area (Å²) in [6.07, 6.45) is 4.64. The van der Waals surface area contributed by atoms with E-state index in [1.165, 1.54) is 17.0 Å². The summed E-state index contributed by atoms with van der Waals surface area (Å²) >= 11 is 6.35. The number of hydrogen-bond donors (Lipinski definition) is 1. The lowest BCUT2D eigenvalue weighted by atomic mass is 10.1. The van der Waals surface area contributed by atoms with Gasteiger partial charge in [0, 0.05) is 31.2 Å². The van der Waals surface area contributed by atoms with Gasteiger partial charge in [-0.2, -0.15) is 0 Å². The standard InChI is InChI=1S/C20H30ClN3O4S/c1-3-23-10-4-5-16(23)14-22-20(25)15-6-7-19(18(21)13-15)28-17-8-11-24(12-9-17)29(2,26)27/h6-7,13,16-17H,3-5,8-12,14H2,1-2H3,(H,22,25). The van der Waals surface area contributed by atoms with Gasteiger partial charge in [-0.15, -0.1) is 0 Å². The van der Waals surface area contributed by atoms with E-state index in [0.717, 1.165) is 19.5 Å². The number of hydrogen-bond acceptors (Lipinski definition) is 5. The Labute approximate surface area is 178 Å². The van der Waals surface area contributed by atoms with E-state index in [4.69, 9.17) is 16.3 Å². The average Bonchev–Trinajstić information content (AvgIpc) is 3.15. The first kappa shape index (κ1) is 22.3. The number of amides is 1. The van der Waals surface area contributed by atoms with Gasteiger partial charge in [0.25, 0.3) is 5.91 Å². The zero-order chi connectivity index (χ0) is 21.0. The van der Waals surface area contributed by atoms with Gasteiger partial charge in [0.05, 0.1) is 11.3 Å². The van der Waals surface area contributed by atoms with E-state index in [1.807, 2.05) is 0 Å². The fraction of sp³-hybridized carbons (Fsp3) is 0.650. The van der Waals surface area contributed by atoms with Crippen LogP contribution in [0.15, 0.2) is 18.2 Å². The summed E-state index contributed by atoms with van der Waals surface area (Å²) in [4.78, 5) is 14.9. The molecule has 0 aromatic heterocycles. The fourth-order valence-corrected chi connectivity index (χ4v) is 5.15. The molecule has 2 aliphatic rings. The maximum Gasteiger partial charge on any atom is 0.251 e. The van der Waals surface area contributed by atoms with Crippen molar-refractivity contribution >= 4 is 27.5 Å². The van der Waals surface area contributed by atoms with Crippen molar-refractivity contribution in [3.8, 4) is 5.75 Å². The Hall–Kier alpha value is -1.35. The number of likely N-dealkylation sites (N-methyl/N-ethyl adjacent to an activating group) is 1. The Morgan fingerprint density at radius 1 is 1.24 bits per heavy atom. The highest BCUT2D eigenvalue weighted by atomic mass is 35.5. The minimum Gasteiger partial charge on any atom is -0.489 e. The Morgan fingerprint density at radius 2 is 1.97 bits per heavy atom. The maximum absolute atomic E-state index is 12.5. The van der Waals surface area contributed by atoms with Crippen LogP contribution in [0.4, 0.5) is 0 Å². The molecule has 0 aliphatic carbocycles. The quantitative estimate of drug-likeness (QED) is 0.699. The molecular weight excluding hydrogens is 414 g/mol. The molecule has 3 rings (SSSR count). The van der Waals surface area contributed by atoms with Gasteiger partial charge in [0.1, 0.15) is 11.9 Å². The number of sulfonamides is 1. The first-order valence-corrected chi connectivity index (χ1v) is 12.4. The zero-order valence-electron chi connectivity index (χ0n) is 17.1. The zero-order valence-corrected chi connectivity index (χ0v) is 18.6. The van der Waals surface area contributed by atoms with Crippen LogP contribution in [0.3, 0.4) is 0 Å². The number of halogens is 1. The smallest absolute Gasteiger partial charge is 0.251 e. The third kappa shape index (κ3) is 5.84. The Morgan fingerprint density at radius 3 is 2.59 bits per heavy atom. The van der Waals surface area contributed by atoms with Crippen molar-refractivity contribution in [2.75, 3.05) is 39.0 Å². The van der Waals surface area contributed by atoms with Gasteiger partial charge in [-0.25, -0.2) is 12.7 Å². The van der Waals surface area contributed by atoms with Crippen LogP contribution < -0.4 is 10.1 Å². The van der Waals surface area contributed by atoms with E-state index < -0.39 is 10.0 Å². The Balaban J connectivity index is 1.53. The number of rotatable bonds is 7. The normalized spacial score (nSPS) is 22.0. The lowest BCUT2D eigenvalue weighted by Crippen LogP contribution is -2.41. The first-order chi connectivity index (χ1) is 13.8. The summed E-state index contributed by atoms with van der Waals surface area (Å²) in [6, 6.07) is 5.46. The molecule has 2 saturated heterocycles. The number of likely N-dealkylation sites (tertiary alicyclic amines) is 1. The average molecular weight is 444 g/mol. The topological polar surface area (TPSA) is 79.0 Å². The summed E-state index contributed by atoms with van der Waals surface area (Å²) in [5.74, 6) is 0.386.